The molecular weight excluding hydrogens is 486 g/mol. The number of phenolic OH excluding ortho intramolecular Hbond substituents is 1. The van der Waals surface area contributed by atoms with Crippen molar-refractivity contribution in [3.05, 3.63) is 59.7 Å². The Labute approximate surface area is 224 Å². The maximum atomic E-state index is 13.2. The number of likely N-dealkylation sites (tertiary alicyclic amines) is 1. The Morgan fingerprint density at radius 2 is 1.81 bits per heavy atom. The van der Waals surface area contributed by atoms with E-state index in [1.54, 1.807) is 43.9 Å². The number of piperidine rings is 1. The number of aliphatic hydroxyl groups is 1. The van der Waals surface area contributed by atoms with E-state index < -0.39 is 12.1 Å². The standard InChI is InChI=1S/C29H39N3O4S/c1-19-23(13-8-14-26(19)33)28(35)31-24(18-37-22-11-4-3-5-12-22)27(34)17-32-16-21-10-7-6-9-20(21)15-25(32)29(36)30-2/h3-5,8,11-14,20-21,24-25,27,33-34H,6-7,9-10,15-18H2,1-2H3,(H,30,36)(H,31,35)/t20-,21+,24?,25-,27+/m0/s1. The van der Waals surface area contributed by atoms with Gasteiger partial charge in [0.1, 0.15) is 5.75 Å². The van der Waals surface area contributed by atoms with Gasteiger partial charge in [-0.3, -0.25) is 14.5 Å². The number of aliphatic hydroxyl groups excluding tert-OH is 1. The lowest BCUT2D eigenvalue weighted by atomic mass is 9.72. The van der Waals surface area contributed by atoms with Crippen LogP contribution in [0.4, 0.5) is 0 Å². The average molecular weight is 526 g/mol. The summed E-state index contributed by atoms with van der Waals surface area (Å²) < 4.78 is 0. The van der Waals surface area contributed by atoms with Gasteiger partial charge in [-0.05, 0) is 55.9 Å². The van der Waals surface area contributed by atoms with Crippen LogP contribution in [0.5, 0.6) is 5.75 Å². The molecule has 2 aromatic rings. The Hall–Kier alpha value is -2.55. The molecular formula is C29H39N3O4S. The van der Waals surface area contributed by atoms with Crippen LogP contribution in [0, 0.1) is 18.8 Å². The van der Waals surface area contributed by atoms with E-state index in [1.807, 2.05) is 30.3 Å². The molecule has 4 rings (SSSR count). The monoisotopic (exact) mass is 525 g/mol. The van der Waals surface area contributed by atoms with Gasteiger partial charge >= 0.3 is 0 Å². The van der Waals surface area contributed by atoms with Crippen LogP contribution in [-0.2, 0) is 4.79 Å². The van der Waals surface area contributed by atoms with Crippen molar-refractivity contribution in [3.8, 4) is 5.75 Å². The summed E-state index contributed by atoms with van der Waals surface area (Å²) in [4.78, 5) is 29.2. The third-order valence-electron chi connectivity index (χ3n) is 7.98. The van der Waals surface area contributed by atoms with Crippen molar-refractivity contribution in [3.63, 3.8) is 0 Å². The first-order chi connectivity index (χ1) is 17.9. The molecule has 1 unspecified atom stereocenters. The van der Waals surface area contributed by atoms with Crippen LogP contribution in [0.25, 0.3) is 0 Å². The number of likely N-dealkylation sites (N-methyl/N-ethyl adjacent to an activating group) is 1. The van der Waals surface area contributed by atoms with Crippen molar-refractivity contribution < 1.29 is 19.8 Å². The molecule has 0 spiro atoms. The Morgan fingerprint density at radius 3 is 2.54 bits per heavy atom. The summed E-state index contributed by atoms with van der Waals surface area (Å²) >= 11 is 1.57. The molecule has 200 valence electrons. The van der Waals surface area contributed by atoms with E-state index in [1.165, 1.54) is 25.7 Å². The number of benzene rings is 2. The zero-order chi connectivity index (χ0) is 26.4. The second-order valence-electron chi connectivity index (χ2n) is 10.3. The number of nitrogens with zero attached hydrogens (tertiary/aromatic N) is 1. The highest BCUT2D eigenvalue weighted by Crippen LogP contribution is 2.38. The average Bonchev–Trinajstić information content (AvgIpc) is 2.92. The Kier molecular flexibility index (Phi) is 9.51. The minimum Gasteiger partial charge on any atom is -0.508 e. The van der Waals surface area contributed by atoms with Crippen molar-refractivity contribution in [2.45, 2.75) is 62.1 Å². The third kappa shape index (κ3) is 6.86. The van der Waals surface area contributed by atoms with Crippen LogP contribution in [0.3, 0.4) is 0 Å². The molecule has 4 N–H and O–H groups in total. The second kappa shape index (κ2) is 12.8. The molecule has 8 heteroatoms. The molecule has 1 saturated carbocycles. The number of carbonyl (C=O) groups is 2. The predicted molar refractivity (Wildman–Crippen MR) is 147 cm³/mol. The number of rotatable bonds is 9. The van der Waals surface area contributed by atoms with Crippen LogP contribution in [0.2, 0.25) is 0 Å². The summed E-state index contributed by atoms with van der Waals surface area (Å²) in [6.45, 7) is 2.80. The minimum atomic E-state index is -0.870. The van der Waals surface area contributed by atoms with Crippen LogP contribution in [0.15, 0.2) is 53.4 Å². The van der Waals surface area contributed by atoms with Crippen molar-refractivity contribution in [2.75, 3.05) is 25.9 Å². The number of nitrogens with one attached hydrogen (secondary N) is 2. The van der Waals surface area contributed by atoms with Crippen molar-refractivity contribution in [1.29, 1.82) is 0 Å². The highest BCUT2D eigenvalue weighted by Gasteiger charge is 2.41. The molecule has 7 nitrogen and oxygen atoms in total. The molecule has 2 aliphatic rings. The Morgan fingerprint density at radius 1 is 1.08 bits per heavy atom. The predicted octanol–water partition coefficient (Wildman–Crippen LogP) is 3.58. The second-order valence-corrected chi connectivity index (χ2v) is 11.4. The number of β-amino-alcohol motifs (C(OH)–C–C–N with tert-alkyl or cyclic N) is 1. The lowest BCUT2D eigenvalue weighted by Crippen LogP contribution is -2.58. The van der Waals surface area contributed by atoms with Gasteiger partial charge in [0.15, 0.2) is 0 Å². The van der Waals surface area contributed by atoms with Crippen LogP contribution >= 0.6 is 11.8 Å². The fourth-order valence-electron chi connectivity index (χ4n) is 5.78. The summed E-state index contributed by atoms with van der Waals surface area (Å²) in [5.41, 5.74) is 0.885. The van der Waals surface area contributed by atoms with Gasteiger partial charge in [-0.15, -0.1) is 11.8 Å². The van der Waals surface area contributed by atoms with Gasteiger partial charge in [0, 0.05) is 41.9 Å². The van der Waals surface area contributed by atoms with Gasteiger partial charge in [0.2, 0.25) is 5.91 Å². The van der Waals surface area contributed by atoms with Crippen molar-refractivity contribution in [1.82, 2.24) is 15.5 Å². The molecule has 0 aromatic heterocycles. The summed E-state index contributed by atoms with van der Waals surface area (Å²) in [6, 6.07) is 13.9. The minimum absolute atomic E-state index is 0.00847. The van der Waals surface area contributed by atoms with Gasteiger partial charge in [0.25, 0.3) is 5.91 Å². The zero-order valence-electron chi connectivity index (χ0n) is 21.7. The molecule has 1 aliphatic carbocycles. The van der Waals surface area contributed by atoms with E-state index in [0.717, 1.165) is 17.9 Å². The van der Waals surface area contributed by atoms with E-state index in [4.69, 9.17) is 0 Å². The first-order valence-corrected chi connectivity index (χ1v) is 14.3. The van der Waals surface area contributed by atoms with Crippen LogP contribution in [-0.4, -0.2) is 71.0 Å². The number of hydrogen-bond acceptors (Lipinski definition) is 6. The van der Waals surface area contributed by atoms with Gasteiger partial charge in [0.05, 0.1) is 18.2 Å². The SMILES string of the molecule is CNC(=O)[C@@H]1C[C@@H]2CCCC[C@@H]2CN1C[C@@H](O)C(CSc1ccccc1)NC(=O)c1cccc(O)c1C. The normalized spacial score (nSPS) is 23.5. The number of aromatic hydroxyl groups is 1. The molecule has 37 heavy (non-hydrogen) atoms. The lowest BCUT2D eigenvalue weighted by molar-refractivity contribution is -0.130. The van der Waals surface area contributed by atoms with E-state index in [9.17, 15) is 19.8 Å². The smallest absolute Gasteiger partial charge is 0.252 e. The molecule has 1 heterocycles. The summed E-state index contributed by atoms with van der Waals surface area (Å²) in [5, 5.41) is 27.4. The molecule has 2 aromatic carbocycles. The maximum absolute atomic E-state index is 13.2. The van der Waals surface area contributed by atoms with Crippen molar-refractivity contribution >= 4 is 23.6 Å². The van der Waals surface area contributed by atoms with E-state index in [-0.39, 0.29) is 23.6 Å². The highest BCUT2D eigenvalue weighted by atomic mass is 32.2. The maximum Gasteiger partial charge on any atom is 0.252 e. The quantitative estimate of drug-likeness (QED) is 0.374. The summed E-state index contributed by atoms with van der Waals surface area (Å²) in [6.07, 6.45) is 4.73. The third-order valence-corrected chi connectivity index (χ3v) is 9.11. The van der Waals surface area contributed by atoms with Crippen molar-refractivity contribution in [2.24, 2.45) is 11.8 Å². The van der Waals surface area contributed by atoms with Gasteiger partial charge in [-0.25, -0.2) is 0 Å². The molecule has 0 radical (unpaired) electrons. The lowest BCUT2D eigenvalue weighted by Gasteiger charge is -2.46. The van der Waals surface area contributed by atoms with E-state index >= 15 is 0 Å². The molecule has 5 atom stereocenters. The number of phenols is 1. The van der Waals surface area contributed by atoms with Gasteiger partial charge in [-0.1, -0.05) is 43.5 Å². The topological polar surface area (TPSA) is 102 Å². The number of carbonyl (C=O) groups excluding carboxylic acids is 2. The number of amides is 2. The Balaban J connectivity index is 1.51. The molecule has 1 saturated heterocycles. The first-order valence-electron chi connectivity index (χ1n) is 13.3. The summed E-state index contributed by atoms with van der Waals surface area (Å²) in [5.74, 6) is 1.29. The van der Waals surface area contributed by atoms with Gasteiger partial charge in [-0.2, -0.15) is 0 Å². The zero-order valence-corrected chi connectivity index (χ0v) is 22.5. The van der Waals surface area contributed by atoms with E-state index in [2.05, 4.69) is 15.5 Å². The molecule has 0 bridgehead atoms. The summed E-state index contributed by atoms with van der Waals surface area (Å²) in [7, 11) is 1.67. The molecule has 2 fully saturated rings. The van der Waals surface area contributed by atoms with E-state index in [0.29, 0.717) is 35.3 Å². The molecule has 2 amide bonds. The fraction of sp³-hybridized carbons (Fsp3) is 0.517. The fourth-order valence-corrected chi connectivity index (χ4v) is 6.80. The first kappa shape index (κ1) is 27.5. The molecule has 1 aliphatic heterocycles. The highest BCUT2D eigenvalue weighted by molar-refractivity contribution is 7.99. The largest absolute Gasteiger partial charge is 0.508 e. The van der Waals surface area contributed by atoms with Crippen LogP contribution < -0.4 is 10.6 Å². The number of thioether (sulfide) groups is 1. The number of hydrogen-bond donors (Lipinski definition) is 4. The van der Waals surface area contributed by atoms with Crippen LogP contribution in [0.1, 0.15) is 48.0 Å². The number of fused-ring (bicyclic) bond motifs is 1. The Bertz CT molecular complexity index is 1070. The van der Waals surface area contributed by atoms with Gasteiger partial charge < -0.3 is 20.8 Å².